The molecule has 0 radical (unpaired) electrons. The molecule has 0 fully saturated rings. The molecule has 0 bridgehead atoms. The SMILES string of the molecule is CS(=O)(=O)CCn1cc[nH]c1=O. The van der Waals surface area contributed by atoms with Crippen LogP contribution in [0.1, 0.15) is 0 Å². The standard InChI is InChI=1S/C6H10N2O3S/c1-12(10,11)5-4-8-3-2-7-6(8)9/h2-3H,4-5H2,1H3,(H,7,9). The third-order valence-electron chi connectivity index (χ3n) is 1.43. The van der Waals surface area contributed by atoms with Crippen molar-refractivity contribution in [1.29, 1.82) is 0 Å². The number of rotatable bonds is 3. The Morgan fingerprint density at radius 2 is 2.25 bits per heavy atom. The first-order valence-corrected chi connectivity index (χ1v) is 5.46. The quantitative estimate of drug-likeness (QED) is 0.679. The molecule has 6 heteroatoms. The van der Waals surface area contributed by atoms with Crippen molar-refractivity contribution in [1.82, 2.24) is 9.55 Å². The highest BCUT2D eigenvalue weighted by Crippen LogP contribution is 1.86. The van der Waals surface area contributed by atoms with Crippen LogP contribution in [-0.2, 0) is 16.4 Å². The largest absolute Gasteiger partial charge is 0.325 e. The number of hydrogen-bond donors (Lipinski definition) is 1. The lowest BCUT2D eigenvalue weighted by Crippen LogP contribution is -2.20. The average molecular weight is 190 g/mol. The zero-order valence-corrected chi connectivity index (χ0v) is 7.47. The second-order valence-corrected chi connectivity index (χ2v) is 4.85. The molecule has 0 spiro atoms. The maximum Gasteiger partial charge on any atom is 0.325 e. The van der Waals surface area contributed by atoms with Gasteiger partial charge >= 0.3 is 5.69 Å². The summed E-state index contributed by atoms with van der Waals surface area (Å²) in [6.45, 7) is 0.209. The van der Waals surface area contributed by atoms with E-state index in [2.05, 4.69) is 4.98 Å². The van der Waals surface area contributed by atoms with Crippen molar-refractivity contribution in [3.63, 3.8) is 0 Å². The molecule has 1 aromatic rings. The summed E-state index contributed by atoms with van der Waals surface area (Å²) in [7, 11) is -2.99. The molecule has 68 valence electrons. The molecule has 0 aliphatic carbocycles. The first-order chi connectivity index (χ1) is 5.49. The Hall–Kier alpha value is -1.04. The van der Waals surface area contributed by atoms with Crippen LogP contribution in [0.2, 0.25) is 0 Å². The van der Waals surface area contributed by atoms with E-state index in [1.807, 2.05) is 0 Å². The van der Waals surface area contributed by atoms with Crippen LogP contribution in [0.15, 0.2) is 17.2 Å². The molecule has 0 aliphatic rings. The van der Waals surface area contributed by atoms with Gasteiger partial charge in [-0.05, 0) is 0 Å². The van der Waals surface area contributed by atoms with Crippen LogP contribution in [0.3, 0.4) is 0 Å². The molecule has 5 nitrogen and oxygen atoms in total. The lowest BCUT2D eigenvalue weighted by Gasteiger charge is -1.97. The topological polar surface area (TPSA) is 71.9 Å². The number of imidazole rings is 1. The van der Waals surface area contributed by atoms with Crippen LogP contribution in [0.25, 0.3) is 0 Å². The number of sulfone groups is 1. The number of aromatic nitrogens is 2. The van der Waals surface area contributed by atoms with Gasteiger partial charge < -0.3 is 4.98 Å². The van der Waals surface area contributed by atoms with Crippen molar-refractivity contribution < 1.29 is 8.42 Å². The zero-order valence-electron chi connectivity index (χ0n) is 6.65. The Kier molecular flexibility index (Phi) is 2.37. The summed E-state index contributed by atoms with van der Waals surface area (Å²) in [5.41, 5.74) is -0.279. The monoisotopic (exact) mass is 190 g/mol. The van der Waals surface area contributed by atoms with E-state index in [1.54, 1.807) is 0 Å². The van der Waals surface area contributed by atoms with Gasteiger partial charge in [-0.15, -0.1) is 0 Å². The zero-order chi connectivity index (χ0) is 9.19. The van der Waals surface area contributed by atoms with Gasteiger partial charge in [-0.2, -0.15) is 0 Å². The second kappa shape index (κ2) is 3.14. The summed E-state index contributed by atoms with van der Waals surface area (Å²) in [5, 5.41) is 0. The average Bonchev–Trinajstić information content (AvgIpc) is 2.29. The summed E-state index contributed by atoms with van der Waals surface area (Å²) in [5.74, 6) is -0.00917. The summed E-state index contributed by atoms with van der Waals surface area (Å²) in [6, 6.07) is 0. The molecule has 0 amide bonds. The fourth-order valence-corrected chi connectivity index (χ4v) is 1.32. The number of nitrogens with zero attached hydrogens (tertiary/aromatic N) is 1. The predicted octanol–water partition coefficient (Wildman–Crippen LogP) is -0.779. The van der Waals surface area contributed by atoms with Gasteiger partial charge in [0.25, 0.3) is 0 Å². The van der Waals surface area contributed by atoms with Gasteiger partial charge in [0, 0.05) is 25.2 Å². The number of aryl methyl sites for hydroxylation is 1. The number of hydrogen-bond acceptors (Lipinski definition) is 3. The van der Waals surface area contributed by atoms with Crippen LogP contribution < -0.4 is 5.69 Å². The maximum absolute atomic E-state index is 10.8. The molecule has 0 atom stereocenters. The third-order valence-corrected chi connectivity index (χ3v) is 2.35. The fraction of sp³-hybridized carbons (Fsp3) is 0.500. The summed E-state index contributed by atoms with van der Waals surface area (Å²) in [4.78, 5) is 13.3. The van der Waals surface area contributed by atoms with Gasteiger partial charge in [0.1, 0.15) is 9.84 Å². The van der Waals surface area contributed by atoms with Gasteiger partial charge in [0.15, 0.2) is 0 Å². The molecule has 0 aliphatic heterocycles. The minimum atomic E-state index is -2.99. The third kappa shape index (κ3) is 2.54. The highest BCUT2D eigenvalue weighted by molar-refractivity contribution is 7.90. The van der Waals surface area contributed by atoms with Crippen molar-refractivity contribution >= 4 is 9.84 Å². The van der Waals surface area contributed by atoms with E-state index in [9.17, 15) is 13.2 Å². The highest BCUT2D eigenvalue weighted by Gasteiger charge is 2.03. The molecule has 1 aromatic heterocycles. The second-order valence-electron chi connectivity index (χ2n) is 2.59. The van der Waals surface area contributed by atoms with Crippen molar-refractivity contribution in [2.45, 2.75) is 6.54 Å². The van der Waals surface area contributed by atoms with Gasteiger partial charge in [0.2, 0.25) is 0 Å². The summed E-state index contributed by atoms with van der Waals surface area (Å²) >= 11 is 0. The predicted molar refractivity (Wildman–Crippen MR) is 44.8 cm³/mol. The molecule has 0 aromatic carbocycles. The summed E-state index contributed by atoms with van der Waals surface area (Å²) in [6.07, 6.45) is 4.14. The van der Waals surface area contributed by atoms with Crippen LogP contribution in [0.5, 0.6) is 0 Å². The van der Waals surface area contributed by atoms with E-state index in [-0.39, 0.29) is 18.0 Å². The first kappa shape index (κ1) is 9.05. The van der Waals surface area contributed by atoms with Crippen LogP contribution in [-0.4, -0.2) is 30.0 Å². The highest BCUT2D eigenvalue weighted by atomic mass is 32.2. The normalized spacial score (nSPS) is 11.8. The lowest BCUT2D eigenvalue weighted by molar-refractivity contribution is 0.593. The van der Waals surface area contributed by atoms with Crippen molar-refractivity contribution in [2.75, 3.05) is 12.0 Å². The smallest absolute Gasteiger partial charge is 0.313 e. The van der Waals surface area contributed by atoms with Crippen molar-refractivity contribution in [2.24, 2.45) is 0 Å². The molecular weight excluding hydrogens is 180 g/mol. The minimum absolute atomic E-state index is 0.00917. The molecule has 0 unspecified atom stereocenters. The Labute approximate surface area is 70.0 Å². The minimum Gasteiger partial charge on any atom is -0.313 e. The van der Waals surface area contributed by atoms with Gasteiger partial charge in [-0.25, -0.2) is 13.2 Å². The Balaban J connectivity index is 2.67. The van der Waals surface area contributed by atoms with Crippen molar-refractivity contribution in [3.05, 3.63) is 22.9 Å². The fourth-order valence-electron chi connectivity index (χ4n) is 0.789. The molecule has 1 rings (SSSR count). The van der Waals surface area contributed by atoms with E-state index in [0.717, 1.165) is 6.26 Å². The van der Waals surface area contributed by atoms with E-state index in [1.165, 1.54) is 17.0 Å². The number of aromatic amines is 1. The number of nitrogens with one attached hydrogen (secondary N) is 1. The van der Waals surface area contributed by atoms with E-state index < -0.39 is 9.84 Å². The van der Waals surface area contributed by atoms with Crippen LogP contribution >= 0.6 is 0 Å². The lowest BCUT2D eigenvalue weighted by atomic mass is 10.7. The Morgan fingerprint density at radius 3 is 2.67 bits per heavy atom. The molecule has 12 heavy (non-hydrogen) atoms. The molecule has 1 heterocycles. The Bertz CT molecular complexity index is 400. The number of H-pyrrole nitrogens is 1. The van der Waals surface area contributed by atoms with Crippen LogP contribution in [0.4, 0.5) is 0 Å². The first-order valence-electron chi connectivity index (χ1n) is 3.40. The molecule has 1 N–H and O–H groups in total. The molecular formula is C6H10N2O3S. The Morgan fingerprint density at radius 1 is 1.58 bits per heavy atom. The van der Waals surface area contributed by atoms with Crippen molar-refractivity contribution in [3.8, 4) is 0 Å². The van der Waals surface area contributed by atoms with Crippen LogP contribution in [0, 0.1) is 0 Å². The van der Waals surface area contributed by atoms with E-state index >= 15 is 0 Å². The van der Waals surface area contributed by atoms with Gasteiger partial charge in [0.05, 0.1) is 5.75 Å². The van der Waals surface area contributed by atoms with Gasteiger partial charge in [-0.1, -0.05) is 0 Å². The van der Waals surface area contributed by atoms with E-state index in [0.29, 0.717) is 0 Å². The molecule has 0 saturated heterocycles. The van der Waals surface area contributed by atoms with E-state index in [4.69, 9.17) is 0 Å². The summed E-state index contributed by atoms with van der Waals surface area (Å²) < 4.78 is 22.7. The van der Waals surface area contributed by atoms with Gasteiger partial charge in [-0.3, -0.25) is 4.57 Å². The maximum atomic E-state index is 10.8. The molecule has 0 saturated carbocycles.